The molecule has 0 spiro atoms. The third-order valence-electron chi connectivity index (χ3n) is 5.89. The molecule has 2 N–H and O–H groups in total. The SMILES string of the molecule is COc1ccc(C(=O)Nc2ccccc2-c2cn3cc(CN4CCNCC4)sc3n2)cc1OC. The van der Waals surface area contributed by atoms with E-state index in [4.69, 9.17) is 14.5 Å². The van der Waals surface area contributed by atoms with Gasteiger partial charge in [0.05, 0.1) is 25.6 Å². The molecular formula is C25H27N5O3S. The number of aromatic nitrogens is 2. The lowest BCUT2D eigenvalue weighted by atomic mass is 10.1. The summed E-state index contributed by atoms with van der Waals surface area (Å²) in [6.07, 6.45) is 4.18. The molecule has 1 aliphatic heterocycles. The molecule has 2 aromatic heterocycles. The molecule has 2 aromatic carbocycles. The summed E-state index contributed by atoms with van der Waals surface area (Å²) < 4.78 is 12.7. The van der Waals surface area contributed by atoms with Crippen LogP contribution in [0.5, 0.6) is 11.5 Å². The highest BCUT2D eigenvalue weighted by atomic mass is 32.1. The number of anilines is 1. The number of rotatable bonds is 7. The summed E-state index contributed by atoms with van der Waals surface area (Å²) in [6.45, 7) is 5.16. The van der Waals surface area contributed by atoms with Gasteiger partial charge in [-0.1, -0.05) is 29.5 Å². The van der Waals surface area contributed by atoms with Crippen LogP contribution >= 0.6 is 11.3 Å². The van der Waals surface area contributed by atoms with Crippen molar-refractivity contribution in [1.82, 2.24) is 19.6 Å². The fourth-order valence-electron chi connectivity index (χ4n) is 4.12. The Labute approximate surface area is 202 Å². The van der Waals surface area contributed by atoms with E-state index in [1.165, 1.54) is 4.88 Å². The first-order chi connectivity index (χ1) is 16.6. The first-order valence-electron chi connectivity index (χ1n) is 11.2. The molecule has 0 radical (unpaired) electrons. The van der Waals surface area contributed by atoms with Crippen LogP contribution in [-0.4, -0.2) is 60.6 Å². The van der Waals surface area contributed by atoms with Crippen LogP contribution in [0.4, 0.5) is 5.69 Å². The Morgan fingerprint density at radius 2 is 1.88 bits per heavy atom. The zero-order valence-corrected chi connectivity index (χ0v) is 20.0. The van der Waals surface area contributed by atoms with E-state index in [1.807, 2.05) is 30.5 Å². The lowest BCUT2D eigenvalue weighted by Gasteiger charge is -2.26. The van der Waals surface area contributed by atoms with Crippen molar-refractivity contribution in [3.05, 3.63) is 65.3 Å². The van der Waals surface area contributed by atoms with E-state index < -0.39 is 0 Å². The van der Waals surface area contributed by atoms with Crippen molar-refractivity contribution < 1.29 is 14.3 Å². The predicted molar refractivity (Wildman–Crippen MR) is 134 cm³/mol. The number of methoxy groups -OCH3 is 2. The van der Waals surface area contributed by atoms with E-state index in [0.29, 0.717) is 22.7 Å². The van der Waals surface area contributed by atoms with Crippen LogP contribution in [0, 0.1) is 0 Å². The minimum Gasteiger partial charge on any atom is -0.493 e. The fourth-order valence-corrected chi connectivity index (χ4v) is 5.13. The van der Waals surface area contributed by atoms with Gasteiger partial charge in [-0.25, -0.2) is 4.98 Å². The number of thiazole rings is 1. The van der Waals surface area contributed by atoms with Gasteiger partial charge in [0.15, 0.2) is 16.5 Å². The van der Waals surface area contributed by atoms with Crippen molar-refractivity contribution in [2.75, 3.05) is 45.7 Å². The Kier molecular flexibility index (Phi) is 6.48. The first kappa shape index (κ1) is 22.4. The second kappa shape index (κ2) is 9.84. The normalized spacial score (nSPS) is 14.3. The van der Waals surface area contributed by atoms with Crippen LogP contribution in [-0.2, 0) is 6.54 Å². The van der Waals surface area contributed by atoms with Crippen molar-refractivity contribution in [3.8, 4) is 22.8 Å². The quantitative estimate of drug-likeness (QED) is 0.422. The molecule has 8 nitrogen and oxygen atoms in total. The summed E-state index contributed by atoms with van der Waals surface area (Å²) in [7, 11) is 3.12. The summed E-state index contributed by atoms with van der Waals surface area (Å²) in [4.78, 5) is 22.5. The van der Waals surface area contributed by atoms with Gasteiger partial charge in [-0.3, -0.25) is 14.1 Å². The largest absolute Gasteiger partial charge is 0.493 e. The van der Waals surface area contributed by atoms with Crippen LogP contribution in [0.3, 0.4) is 0 Å². The number of piperazine rings is 1. The zero-order valence-electron chi connectivity index (χ0n) is 19.2. The molecule has 0 bridgehead atoms. The highest BCUT2D eigenvalue weighted by Crippen LogP contribution is 2.31. The minimum absolute atomic E-state index is 0.229. The van der Waals surface area contributed by atoms with Crippen molar-refractivity contribution in [1.29, 1.82) is 0 Å². The van der Waals surface area contributed by atoms with Gasteiger partial charge in [-0.05, 0) is 24.3 Å². The molecule has 176 valence electrons. The lowest BCUT2D eigenvalue weighted by Crippen LogP contribution is -2.42. The standard InChI is InChI=1S/C25H27N5O3S/c1-32-22-8-7-17(13-23(22)33-2)24(31)27-20-6-4-3-5-19(20)21-16-30-15-18(34-25(30)28-21)14-29-11-9-26-10-12-29/h3-8,13,15-16,26H,9-12,14H2,1-2H3,(H,27,31). The van der Waals surface area contributed by atoms with E-state index in [9.17, 15) is 4.79 Å². The lowest BCUT2D eigenvalue weighted by molar-refractivity contribution is 0.102. The Morgan fingerprint density at radius 3 is 2.65 bits per heavy atom. The van der Waals surface area contributed by atoms with Crippen molar-refractivity contribution >= 4 is 27.9 Å². The van der Waals surface area contributed by atoms with Crippen LogP contribution in [0.25, 0.3) is 16.2 Å². The zero-order chi connectivity index (χ0) is 23.5. The van der Waals surface area contributed by atoms with Gasteiger partial charge in [-0.2, -0.15) is 0 Å². The highest BCUT2D eigenvalue weighted by molar-refractivity contribution is 7.17. The van der Waals surface area contributed by atoms with Gasteiger partial charge >= 0.3 is 0 Å². The summed E-state index contributed by atoms with van der Waals surface area (Å²) in [5.74, 6) is 0.857. The number of nitrogens with one attached hydrogen (secondary N) is 2. The highest BCUT2D eigenvalue weighted by Gasteiger charge is 2.17. The Bertz CT molecular complexity index is 1280. The summed E-state index contributed by atoms with van der Waals surface area (Å²) in [6, 6.07) is 12.8. The third-order valence-corrected chi connectivity index (χ3v) is 6.87. The Balaban J connectivity index is 1.36. The van der Waals surface area contributed by atoms with Gasteiger partial charge in [0.2, 0.25) is 0 Å². The molecule has 1 amide bonds. The number of carbonyl (C=O) groups is 1. The van der Waals surface area contributed by atoms with Crippen LogP contribution < -0.4 is 20.1 Å². The molecule has 34 heavy (non-hydrogen) atoms. The second-order valence-electron chi connectivity index (χ2n) is 8.11. The molecule has 9 heteroatoms. The number of ether oxygens (including phenoxy) is 2. The topological polar surface area (TPSA) is 80.1 Å². The number of amides is 1. The van der Waals surface area contributed by atoms with Gasteiger partial charge < -0.3 is 20.1 Å². The first-order valence-corrected chi connectivity index (χ1v) is 12.0. The number of benzene rings is 2. The molecule has 1 fully saturated rings. The average molecular weight is 478 g/mol. The minimum atomic E-state index is -0.229. The second-order valence-corrected chi connectivity index (χ2v) is 9.20. The van der Waals surface area contributed by atoms with Crippen molar-refractivity contribution in [2.24, 2.45) is 0 Å². The van der Waals surface area contributed by atoms with Gasteiger partial charge in [0.25, 0.3) is 5.91 Å². The number of para-hydroxylation sites is 1. The molecule has 1 saturated heterocycles. The molecule has 5 rings (SSSR count). The van der Waals surface area contributed by atoms with E-state index in [-0.39, 0.29) is 5.91 Å². The summed E-state index contributed by atoms with van der Waals surface area (Å²) >= 11 is 1.71. The molecule has 0 aliphatic carbocycles. The van der Waals surface area contributed by atoms with Crippen molar-refractivity contribution in [3.63, 3.8) is 0 Å². The maximum absolute atomic E-state index is 13.0. The molecule has 3 heterocycles. The molecule has 0 saturated carbocycles. The molecule has 4 aromatic rings. The number of carbonyl (C=O) groups excluding carboxylic acids is 1. The summed E-state index contributed by atoms with van der Waals surface area (Å²) in [5.41, 5.74) is 2.88. The Hall–Kier alpha value is -3.40. The third kappa shape index (κ3) is 4.63. The van der Waals surface area contributed by atoms with E-state index in [0.717, 1.165) is 48.9 Å². The van der Waals surface area contributed by atoms with E-state index >= 15 is 0 Å². The fraction of sp³-hybridized carbons (Fsp3) is 0.280. The summed E-state index contributed by atoms with van der Waals surface area (Å²) in [5, 5.41) is 6.41. The van der Waals surface area contributed by atoms with Crippen LogP contribution in [0.15, 0.2) is 54.9 Å². The molecule has 1 aliphatic rings. The van der Waals surface area contributed by atoms with Crippen LogP contribution in [0.1, 0.15) is 15.2 Å². The van der Waals surface area contributed by atoms with Gasteiger partial charge in [0, 0.05) is 61.1 Å². The monoisotopic (exact) mass is 477 g/mol. The number of nitrogens with zero attached hydrogens (tertiary/aromatic N) is 3. The average Bonchev–Trinajstić information content (AvgIpc) is 3.43. The van der Waals surface area contributed by atoms with Crippen molar-refractivity contribution in [2.45, 2.75) is 6.54 Å². The Morgan fingerprint density at radius 1 is 1.09 bits per heavy atom. The molecular weight excluding hydrogens is 450 g/mol. The van der Waals surface area contributed by atoms with Gasteiger partial charge in [0.1, 0.15) is 0 Å². The number of hydrogen-bond acceptors (Lipinski definition) is 7. The maximum Gasteiger partial charge on any atom is 0.255 e. The van der Waals surface area contributed by atoms with E-state index in [1.54, 1.807) is 43.8 Å². The van der Waals surface area contributed by atoms with Gasteiger partial charge in [-0.15, -0.1) is 0 Å². The maximum atomic E-state index is 13.0. The predicted octanol–water partition coefficient (Wildman–Crippen LogP) is 3.74. The number of imidazole rings is 1. The molecule has 0 atom stereocenters. The number of fused-ring (bicyclic) bond motifs is 1. The molecule has 0 unspecified atom stereocenters. The number of hydrogen-bond donors (Lipinski definition) is 2. The van der Waals surface area contributed by atoms with Crippen LogP contribution in [0.2, 0.25) is 0 Å². The smallest absolute Gasteiger partial charge is 0.255 e. The van der Waals surface area contributed by atoms with E-state index in [2.05, 4.69) is 26.1 Å².